The highest BCUT2D eigenvalue weighted by Crippen LogP contribution is 2.30. The van der Waals surface area contributed by atoms with Gasteiger partial charge in [0.1, 0.15) is 60.7 Å². The van der Waals surface area contributed by atoms with Crippen molar-refractivity contribution in [2.45, 2.75) is 67.5 Å². The molecule has 13 nitrogen and oxygen atoms in total. The van der Waals surface area contributed by atoms with E-state index in [0.717, 1.165) is 0 Å². The van der Waals surface area contributed by atoms with E-state index in [1.54, 1.807) is 0 Å². The Morgan fingerprint density at radius 2 is 1.18 bits per heavy atom. The van der Waals surface area contributed by atoms with Gasteiger partial charge in [-0.05, 0) is 17.7 Å². The topological polar surface area (TPSA) is 219 Å². The third kappa shape index (κ3) is 5.79. The first kappa shape index (κ1) is 26.2. The molecule has 13 heteroatoms. The first-order valence-electron chi connectivity index (χ1n) is 10.3. The molecule has 0 amide bonds. The average molecular weight is 478 g/mol. The van der Waals surface area contributed by atoms with Crippen LogP contribution in [0.15, 0.2) is 24.3 Å². The minimum atomic E-state index is -1.69. The van der Waals surface area contributed by atoms with Crippen molar-refractivity contribution >= 4 is 0 Å². The quantitative estimate of drug-likeness (QED) is 0.174. The highest BCUT2D eigenvalue weighted by molar-refractivity contribution is 5.27. The van der Waals surface area contributed by atoms with Crippen molar-refractivity contribution in [2.24, 2.45) is 0 Å². The Hall–Kier alpha value is -1.46. The van der Waals surface area contributed by atoms with E-state index in [-0.39, 0.29) is 12.4 Å². The molecule has 0 saturated carbocycles. The fourth-order valence-electron chi connectivity index (χ4n) is 3.63. The first-order chi connectivity index (χ1) is 15.7. The van der Waals surface area contributed by atoms with Crippen molar-refractivity contribution in [1.82, 2.24) is 0 Å². The summed E-state index contributed by atoms with van der Waals surface area (Å²) < 4.78 is 21.9. The summed E-state index contributed by atoms with van der Waals surface area (Å²) in [6.45, 7) is -1.67. The average Bonchev–Trinajstić information content (AvgIpc) is 2.81. The van der Waals surface area contributed by atoms with Gasteiger partial charge in [0.15, 0.2) is 12.6 Å². The molecule has 2 saturated heterocycles. The zero-order valence-corrected chi connectivity index (χ0v) is 17.4. The van der Waals surface area contributed by atoms with E-state index < -0.39 is 80.7 Å². The number of aliphatic hydroxyl groups excluding tert-OH is 8. The second-order valence-corrected chi connectivity index (χ2v) is 7.94. The van der Waals surface area contributed by atoms with E-state index in [1.807, 2.05) is 0 Å². The van der Waals surface area contributed by atoms with Crippen molar-refractivity contribution in [2.75, 3.05) is 19.8 Å². The van der Waals surface area contributed by atoms with Gasteiger partial charge < -0.3 is 64.9 Å². The van der Waals surface area contributed by atoms with Crippen molar-refractivity contribution in [3.05, 3.63) is 29.8 Å². The summed E-state index contributed by atoms with van der Waals surface area (Å²) in [6, 6.07) is 5.65. The molecule has 2 fully saturated rings. The molecule has 0 bridgehead atoms. The van der Waals surface area contributed by atoms with E-state index in [9.17, 15) is 46.0 Å². The van der Waals surface area contributed by atoms with Gasteiger partial charge >= 0.3 is 0 Å². The Labute approximate surface area is 188 Å². The highest BCUT2D eigenvalue weighted by atomic mass is 16.7. The Morgan fingerprint density at radius 1 is 0.697 bits per heavy atom. The van der Waals surface area contributed by atoms with Gasteiger partial charge in [0.25, 0.3) is 0 Å². The van der Waals surface area contributed by atoms with Crippen LogP contribution in [0, 0.1) is 0 Å². The Morgan fingerprint density at radius 3 is 1.70 bits per heavy atom. The van der Waals surface area contributed by atoms with Gasteiger partial charge in [-0.25, -0.2) is 0 Å². The molecule has 1 unspecified atom stereocenters. The third-order valence-electron chi connectivity index (χ3n) is 5.67. The number of hydrogen-bond donors (Lipinski definition) is 9. The lowest BCUT2D eigenvalue weighted by molar-refractivity contribution is -0.329. The predicted molar refractivity (Wildman–Crippen MR) is 105 cm³/mol. The zero-order valence-electron chi connectivity index (χ0n) is 17.4. The minimum Gasteiger partial charge on any atom is -0.508 e. The van der Waals surface area contributed by atoms with Gasteiger partial charge in [0, 0.05) is 0 Å². The van der Waals surface area contributed by atoms with Crippen molar-refractivity contribution in [1.29, 1.82) is 0 Å². The molecule has 2 aliphatic rings. The molecular weight excluding hydrogens is 448 g/mol. The molecule has 0 aliphatic carbocycles. The van der Waals surface area contributed by atoms with E-state index >= 15 is 0 Å². The van der Waals surface area contributed by atoms with Crippen molar-refractivity contribution in [3.8, 4) is 5.75 Å². The summed E-state index contributed by atoms with van der Waals surface area (Å²) in [5.74, 6) is -0.0415. The van der Waals surface area contributed by atoms with Crippen LogP contribution < -0.4 is 0 Å². The number of phenolic OH excluding ortho intramolecular Hbond substituents is 1. The largest absolute Gasteiger partial charge is 0.508 e. The third-order valence-corrected chi connectivity index (χ3v) is 5.67. The smallest absolute Gasteiger partial charge is 0.187 e. The molecule has 3 rings (SSSR count). The van der Waals surface area contributed by atoms with E-state index in [1.165, 1.54) is 24.3 Å². The second kappa shape index (κ2) is 11.3. The first-order valence-corrected chi connectivity index (χ1v) is 10.3. The van der Waals surface area contributed by atoms with Crippen LogP contribution in [-0.4, -0.2) is 127 Å². The van der Waals surface area contributed by atoms with Crippen molar-refractivity contribution in [3.63, 3.8) is 0 Å². The van der Waals surface area contributed by atoms with Crippen LogP contribution >= 0.6 is 0 Å². The van der Waals surface area contributed by atoms with Gasteiger partial charge in [0.05, 0.1) is 19.8 Å². The van der Waals surface area contributed by atoms with Gasteiger partial charge in [-0.1, -0.05) is 12.1 Å². The molecule has 0 aromatic heterocycles. The van der Waals surface area contributed by atoms with Crippen LogP contribution in [0.4, 0.5) is 0 Å². The van der Waals surface area contributed by atoms with Gasteiger partial charge in [-0.15, -0.1) is 0 Å². The minimum absolute atomic E-state index is 0.0415. The van der Waals surface area contributed by atoms with E-state index in [0.29, 0.717) is 5.56 Å². The fraction of sp³-hybridized carbons (Fsp3) is 0.700. The zero-order chi connectivity index (χ0) is 24.3. The maximum absolute atomic E-state index is 10.3. The van der Waals surface area contributed by atoms with Crippen LogP contribution in [-0.2, 0) is 18.9 Å². The summed E-state index contributed by atoms with van der Waals surface area (Å²) in [4.78, 5) is 0. The molecule has 0 radical (unpaired) electrons. The molecule has 9 N–H and O–H groups in total. The predicted octanol–water partition coefficient (Wildman–Crippen LogP) is -3.93. The summed E-state index contributed by atoms with van der Waals surface area (Å²) in [6.07, 6.45) is -16.2. The highest BCUT2D eigenvalue weighted by Gasteiger charge is 2.46. The molecule has 1 aromatic carbocycles. The summed E-state index contributed by atoms with van der Waals surface area (Å²) in [7, 11) is 0. The second-order valence-electron chi connectivity index (χ2n) is 7.94. The maximum atomic E-state index is 10.3. The molecule has 33 heavy (non-hydrogen) atoms. The molecule has 1 aromatic rings. The van der Waals surface area contributed by atoms with Crippen LogP contribution in [0.2, 0.25) is 0 Å². The molecular formula is C20H30O13. The van der Waals surface area contributed by atoms with Gasteiger partial charge in [-0.2, -0.15) is 0 Å². The monoisotopic (exact) mass is 478 g/mol. The molecule has 0 spiro atoms. The van der Waals surface area contributed by atoms with Crippen LogP contribution in [0.5, 0.6) is 5.75 Å². The number of aromatic hydroxyl groups is 1. The standard InChI is InChI=1S/C20H30O13/c21-5-10-13(24)15(26)17(28)19(31-10)30-7-12(8-1-3-9(23)4-2-8)33-20-18(29)16(27)14(25)11(6-22)32-20/h1-4,10-29H,5-7H2/t10-,11-,12?,13-,14-,15+,16+,17-,18-,19-,20+/m1/s1. The maximum Gasteiger partial charge on any atom is 0.187 e. The SMILES string of the molecule is OC[C@H]1O[C@@H](OCC(O[C@@H]2O[C@H](CO)[C@@H](O)[C@H](O)[C@H]2O)c2ccc(O)cc2)[C@H](O)[C@@H](O)[C@@H]1O. The lowest BCUT2D eigenvalue weighted by Crippen LogP contribution is -2.60. The lowest BCUT2D eigenvalue weighted by atomic mass is 9.99. The summed E-state index contributed by atoms with van der Waals surface area (Å²) in [5, 5.41) is 88.4. The van der Waals surface area contributed by atoms with Gasteiger partial charge in [0.2, 0.25) is 0 Å². The number of phenols is 1. The molecule has 11 atom stereocenters. The fourth-order valence-corrected chi connectivity index (χ4v) is 3.63. The van der Waals surface area contributed by atoms with Crippen LogP contribution in [0.1, 0.15) is 11.7 Å². The van der Waals surface area contributed by atoms with E-state index in [2.05, 4.69) is 0 Å². The molecule has 2 heterocycles. The number of hydrogen-bond acceptors (Lipinski definition) is 13. The van der Waals surface area contributed by atoms with Crippen LogP contribution in [0.25, 0.3) is 0 Å². The van der Waals surface area contributed by atoms with Crippen molar-refractivity contribution < 1.29 is 64.9 Å². The van der Waals surface area contributed by atoms with E-state index in [4.69, 9.17) is 18.9 Å². The molecule has 2 aliphatic heterocycles. The Kier molecular flexibility index (Phi) is 8.96. The lowest BCUT2D eigenvalue weighted by Gasteiger charge is -2.42. The summed E-state index contributed by atoms with van der Waals surface area (Å²) in [5.41, 5.74) is 0.411. The van der Waals surface area contributed by atoms with Gasteiger partial charge in [-0.3, -0.25) is 0 Å². The number of benzene rings is 1. The number of rotatable bonds is 8. The molecule has 188 valence electrons. The number of ether oxygens (including phenoxy) is 4. The Bertz CT molecular complexity index is 729. The van der Waals surface area contributed by atoms with Crippen LogP contribution in [0.3, 0.4) is 0 Å². The number of aliphatic hydroxyl groups is 8. The summed E-state index contributed by atoms with van der Waals surface area (Å²) >= 11 is 0. The normalized spacial score (nSPS) is 40.5. The Balaban J connectivity index is 1.76.